The van der Waals surface area contributed by atoms with E-state index in [0.717, 1.165) is 12.1 Å². The molecule has 216 valence electrons. The van der Waals surface area contributed by atoms with Gasteiger partial charge >= 0.3 is 12.1 Å². The number of halogens is 3. The molecule has 3 heterocycles. The SMILES string of the molecule is COC(=O)Cc1ccc2c(c1)NC(=O)[C@H](C)CCC[C@H](N1CC[C@@H](c3c(F)ccc(Cl)c3F)OC1=O)c1ncc-2[nH]1. The third-order valence-electron chi connectivity index (χ3n) is 7.57. The number of methoxy groups -OCH3 is 1. The van der Waals surface area contributed by atoms with Crippen molar-refractivity contribution in [2.75, 3.05) is 19.0 Å². The summed E-state index contributed by atoms with van der Waals surface area (Å²) in [6, 6.07) is 6.92. The van der Waals surface area contributed by atoms with Crippen LogP contribution in [0.1, 0.15) is 61.7 Å². The summed E-state index contributed by atoms with van der Waals surface area (Å²) in [5.74, 6) is -2.18. The fourth-order valence-electron chi connectivity index (χ4n) is 5.29. The van der Waals surface area contributed by atoms with Crippen LogP contribution in [0.15, 0.2) is 36.5 Å². The van der Waals surface area contributed by atoms with Gasteiger partial charge in [0.1, 0.15) is 17.7 Å². The number of nitrogens with one attached hydrogen (secondary N) is 2. The maximum atomic E-state index is 14.6. The summed E-state index contributed by atoms with van der Waals surface area (Å²) in [5, 5.41) is 2.73. The van der Waals surface area contributed by atoms with E-state index in [1.165, 1.54) is 12.0 Å². The molecule has 2 aromatic carbocycles. The maximum absolute atomic E-state index is 14.6. The van der Waals surface area contributed by atoms with E-state index in [1.54, 1.807) is 24.4 Å². The minimum absolute atomic E-state index is 0.0482. The van der Waals surface area contributed by atoms with Crippen LogP contribution in [0.2, 0.25) is 5.02 Å². The topological polar surface area (TPSA) is 114 Å². The Labute approximate surface area is 240 Å². The molecule has 0 saturated carbocycles. The number of carbonyl (C=O) groups is 3. The highest BCUT2D eigenvalue weighted by molar-refractivity contribution is 6.30. The molecular weight excluding hydrogens is 558 g/mol. The number of fused-ring (bicyclic) bond motifs is 4. The van der Waals surface area contributed by atoms with Gasteiger partial charge in [-0.3, -0.25) is 14.5 Å². The molecule has 2 bridgehead atoms. The fraction of sp³-hybridized carbons (Fsp3) is 0.379. The molecule has 2 aliphatic heterocycles. The summed E-state index contributed by atoms with van der Waals surface area (Å²) in [5.41, 5.74) is 2.08. The Kier molecular flexibility index (Phi) is 8.25. The standard InChI is InChI=1S/C29H29ClF2N4O5/c1-15-4-3-5-22(36-11-10-23(41-29(36)39)25-19(31)9-8-18(30)26(25)32)27-33-14-21(34-27)17-7-6-16(13-24(37)40-2)12-20(17)35-28(15)38/h6-9,12,14-15,22-23H,3-5,10-11,13H2,1-2H3,(H,33,34)(H,35,38)/t15-,22+,23+/m1/s1. The highest BCUT2D eigenvalue weighted by Gasteiger charge is 2.37. The van der Waals surface area contributed by atoms with Crippen LogP contribution in [0, 0.1) is 17.6 Å². The number of nitrogens with zero attached hydrogens (tertiary/aromatic N) is 2. The second-order valence-corrected chi connectivity index (χ2v) is 10.7. The number of cyclic esters (lactones) is 1. The van der Waals surface area contributed by atoms with E-state index in [9.17, 15) is 23.2 Å². The molecule has 0 spiro atoms. The first kappa shape index (κ1) is 28.5. The molecule has 5 rings (SSSR count). The lowest BCUT2D eigenvalue weighted by atomic mass is 9.97. The molecule has 3 atom stereocenters. The first-order valence-electron chi connectivity index (χ1n) is 13.3. The number of hydrogen-bond acceptors (Lipinski definition) is 6. The van der Waals surface area contributed by atoms with Crippen LogP contribution in [0.4, 0.5) is 19.3 Å². The normalized spacial score (nSPS) is 21.2. The summed E-state index contributed by atoms with van der Waals surface area (Å²) in [6.07, 6.45) is 1.58. The van der Waals surface area contributed by atoms with Crippen molar-refractivity contribution in [2.24, 2.45) is 5.92 Å². The van der Waals surface area contributed by atoms with Crippen LogP contribution in [0.25, 0.3) is 11.3 Å². The van der Waals surface area contributed by atoms with Gasteiger partial charge in [-0.15, -0.1) is 0 Å². The molecule has 3 aromatic rings. The van der Waals surface area contributed by atoms with Crippen molar-refractivity contribution in [3.8, 4) is 11.3 Å². The van der Waals surface area contributed by atoms with Gasteiger partial charge in [0.15, 0.2) is 5.82 Å². The molecule has 0 radical (unpaired) electrons. The predicted octanol–water partition coefficient (Wildman–Crippen LogP) is 6.11. The average Bonchev–Trinajstić information content (AvgIpc) is 3.43. The van der Waals surface area contributed by atoms with Crippen molar-refractivity contribution in [1.82, 2.24) is 14.9 Å². The van der Waals surface area contributed by atoms with Crippen molar-refractivity contribution >= 4 is 35.3 Å². The van der Waals surface area contributed by atoms with Gasteiger partial charge in [-0.2, -0.15) is 0 Å². The average molecular weight is 587 g/mol. The molecule has 1 fully saturated rings. The van der Waals surface area contributed by atoms with Gasteiger partial charge in [0, 0.05) is 24.4 Å². The second-order valence-electron chi connectivity index (χ2n) is 10.3. The van der Waals surface area contributed by atoms with Crippen molar-refractivity contribution < 1.29 is 32.6 Å². The Hall–Kier alpha value is -3.99. The summed E-state index contributed by atoms with van der Waals surface area (Å²) in [6.45, 7) is 1.99. The Morgan fingerprint density at radius 3 is 2.76 bits per heavy atom. The van der Waals surface area contributed by atoms with Crippen molar-refractivity contribution in [2.45, 2.75) is 51.2 Å². The number of amides is 2. The van der Waals surface area contributed by atoms with Crippen molar-refractivity contribution in [3.05, 3.63) is 70.1 Å². The number of rotatable bonds is 4. The van der Waals surface area contributed by atoms with Gasteiger partial charge < -0.3 is 19.8 Å². The lowest BCUT2D eigenvalue weighted by molar-refractivity contribution is -0.139. The molecule has 1 aromatic heterocycles. The molecule has 9 nitrogen and oxygen atoms in total. The Bertz CT molecular complexity index is 1500. The number of benzene rings is 2. The molecule has 2 N–H and O–H groups in total. The van der Waals surface area contributed by atoms with Gasteiger partial charge in [0.05, 0.1) is 47.7 Å². The van der Waals surface area contributed by atoms with E-state index in [0.29, 0.717) is 47.6 Å². The van der Waals surface area contributed by atoms with Gasteiger partial charge in [-0.1, -0.05) is 37.1 Å². The highest BCUT2D eigenvalue weighted by atomic mass is 35.5. The third kappa shape index (κ3) is 5.90. The largest absolute Gasteiger partial charge is 0.469 e. The number of aromatic nitrogens is 2. The summed E-state index contributed by atoms with van der Waals surface area (Å²) in [7, 11) is 1.31. The van der Waals surface area contributed by atoms with Crippen molar-refractivity contribution in [3.63, 3.8) is 0 Å². The van der Waals surface area contributed by atoms with E-state index in [4.69, 9.17) is 21.1 Å². The zero-order valence-electron chi connectivity index (χ0n) is 22.5. The lowest BCUT2D eigenvalue weighted by Crippen LogP contribution is -2.42. The van der Waals surface area contributed by atoms with Crippen LogP contribution < -0.4 is 5.32 Å². The highest BCUT2D eigenvalue weighted by Crippen LogP contribution is 2.38. The summed E-state index contributed by atoms with van der Waals surface area (Å²) in [4.78, 5) is 47.4. The summed E-state index contributed by atoms with van der Waals surface area (Å²) < 4.78 is 39.4. The Morgan fingerprint density at radius 1 is 1.20 bits per heavy atom. The number of imidazole rings is 1. The van der Waals surface area contributed by atoms with Crippen LogP contribution in [-0.2, 0) is 25.5 Å². The van der Waals surface area contributed by atoms with Gasteiger partial charge in [-0.25, -0.2) is 18.6 Å². The molecule has 0 aliphatic carbocycles. The zero-order chi connectivity index (χ0) is 29.3. The summed E-state index contributed by atoms with van der Waals surface area (Å²) >= 11 is 5.85. The van der Waals surface area contributed by atoms with Crippen molar-refractivity contribution in [1.29, 1.82) is 0 Å². The molecule has 1 saturated heterocycles. The number of hydrogen-bond donors (Lipinski definition) is 2. The number of esters is 1. The smallest absolute Gasteiger partial charge is 0.411 e. The fourth-order valence-corrected chi connectivity index (χ4v) is 5.45. The molecule has 2 amide bonds. The monoisotopic (exact) mass is 586 g/mol. The molecule has 0 unspecified atom stereocenters. The predicted molar refractivity (Wildman–Crippen MR) is 146 cm³/mol. The van der Waals surface area contributed by atoms with Crippen LogP contribution in [0.3, 0.4) is 0 Å². The van der Waals surface area contributed by atoms with E-state index in [-0.39, 0.29) is 41.8 Å². The first-order valence-corrected chi connectivity index (χ1v) is 13.7. The number of anilines is 1. The third-order valence-corrected chi connectivity index (χ3v) is 7.86. The van der Waals surface area contributed by atoms with Crippen LogP contribution >= 0.6 is 11.6 Å². The molecular formula is C29H29ClF2N4O5. The minimum Gasteiger partial charge on any atom is -0.469 e. The van der Waals surface area contributed by atoms with E-state index in [1.807, 2.05) is 6.92 Å². The zero-order valence-corrected chi connectivity index (χ0v) is 23.3. The quantitative estimate of drug-likeness (QED) is 0.282. The van der Waals surface area contributed by atoms with E-state index >= 15 is 0 Å². The minimum atomic E-state index is -1.12. The number of aromatic amines is 1. The lowest BCUT2D eigenvalue weighted by Gasteiger charge is -2.36. The maximum Gasteiger partial charge on any atom is 0.411 e. The van der Waals surface area contributed by atoms with E-state index < -0.39 is 35.8 Å². The van der Waals surface area contributed by atoms with Gasteiger partial charge in [0.25, 0.3) is 0 Å². The first-order chi connectivity index (χ1) is 19.7. The van der Waals surface area contributed by atoms with E-state index in [2.05, 4.69) is 15.3 Å². The Morgan fingerprint density at radius 2 is 2.00 bits per heavy atom. The van der Waals surface area contributed by atoms with Crippen LogP contribution in [-0.4, -0.2) is 46.5 Å². The van der Waals surface area contributed by atoms with Crippen LogP contribution in [0.5, 0.6) is 0 Å². The molecule has 12 heteroatoms. The molecule has 2 aliphatic rings. The Balaban J connectivity index is 1.45. The number of carbonyl (C=O) groups excluding carboxylic acids is 3. The second kappa shape index (κ2) is 11.9. The number of ether oxygens (including phenoxy) is 2. The number of H-pyrrole nitrogens is 1. The van der Waals surface area contributed by atoms with Gasteiger partial charge in [0.2, 0.25) is 5.91 Å². The van der Waals surface area contributed by atoms with Gasteiger partial charge in [-0.05, 0) is 36.6 Å². The molecule has 41 heavy (non-hydrogen) atoms.